The average molecular weight is 268 g/mol. The Labute approximate surface area is 115 Å². The van der Waals surface area contributed by atoms with Crippen molar-refractivity contribution < 1.29 is 0 Å². The first-order valence-corrected chi connectivity index (χ1v) is 7.26. The summed E-state index contributed by atoms with van der Waals surface area (Å²) in [7, 11) is 0. The molecule has 1 saturated heterocycles. The summed E-state index contributed by atoms with van der Waals surface area (Å²) in [6.07, 6.45) is 5.22. The fraction of sp³-hybridized carbons (Fsp3) is 0.714. The van der Waals surface area contributed by atoms with E-state index in [4.69, 9.17) is 11.6 Å². The summed E-state index contributed by atoms with van der Waals surface area (Å²) in [5.74, 6) is 0. The Balaban J connectivity index is 1.88. The van der Waals surface area contributed by atoms with Crippen LogP contribution in [0.15, 0.2) is 12.1 Å². The lowest BCUT2D eigenvalue weighted by molar-refractivity contribution is 0.0899. The zero-order valence-corrected chi connectivity index (χ0v) is 12.1. The highest BCUT2D eigenvalue weighted by Crippen LogP contribution is 2.38. The highest BCUT2D eigenvalue weighted by Gasteiger charge is 2.31. The van der Waals surface area contributed by atoms with Crippen LogP contribution in [0.5, 0.6) is 0 Å². The van der Waals surface area contributed by atoms with Gasteiger partial charge in [0.2, 0.25) is 0 Å². The molecule has 0 N–H and O–H groups in total. The molecule has 4 heteroatoms. The lowest BCUT2D eigenvalue weighted by atomic mass is 9.74. The number of rotatable bonds is 4. The van der Waals surface area contributed by atoms with Crippen LogP contribution in [0.4, 0.5) is 0 Å². The first-order chi connectivity index (χ1) is 8.67. The fourth-order valence-electron chi connectivity index (χ4n) is 2.80. The maximum Gasteiger partial charge on any atom is 0.151 e. The highest BCUT2D eigenvalue weighted by molar-refractivity contribution is 6.29. The second kappa shape index (κ2) is 5.98. The molecule has 1 aromatic heterocycles. The van der Waals surface area contributed by atoms with Crippen molar-refractivity contribution in [3.05, 3.63) is 23.0 Å². The number of hydrogen-bond acceptors (Lipinski definition) is 3. The summed E-state index contributed by atoms with van der Waals surface area (Å²) >= 11 is 5.74. The zero-order valence-electron chi connectivity index (χ0n) is 11.3. The Bertz CT molecular complexity index is 363. The molecule has 18 heavy (non-hydrogen) atoms. The third-order valence-electron chi connectivity index (χ3n) is 4.49. The lowest BCUT2D eigenvalue weighted by Gasteiger charge is -2.40. The zero-order chi connectivity index (χ0) is 13.0. The molecule has 0 aromatic carbocycles. The Kier molecular flexibility index (Phi) is 4.57. The van der Waals surface area contributed by atoms with Crippen LogP contribution in [-0.2, 0) is 6.54 Å². The predicted octanol–water partition coefficient (Wildman–Crippen LogP) is 3.53. The van der Waals surface area contributed by atoms with Gasteiger partial charge in [-0.15, -0.1) is 5.10 Å². The van der Waals surface area contributed by atoms with Gasteiger partial charge in [-0.25, -0.2) is 0 Å². The summed E-state index contributed by atoms with van der Waals surface area (Å²) in [5.41, 5.74) is 1.60. The monoisotopic (exact) mass is 267 g/mol. The van der Waals surface area contributed by atoms with Gasteiger partial charge < -0.3 is 0 Å². The molecule has 0 unspecified atom stereocenters. The van der Waals surface area contributed by atoms with Crippen molar-refractivity contribution in [1.82, 2.24) is 15.1 Å². The number of piperidine rings is 1. The van der Waals surface area contributed by atoms with E-state index >= 15 is 0 Å². The molecule has 3 nitrogen and oxygen atoms in total. The second-order valence-electron chi connectivity index (χ2n) is 5.33. The molecule has 1 aliphatic heterocycles. The Hall–Kier alpha value is -0.670. The third kappa shape index (κ3) is 3.21. The standard InChI is InChI=1S/C14H22ClN3/c1-3-14(4-2)7-9-18(10-8-14)11-12-5-6-13(15)17-16-12/h5-6H,3-4,7-11H2,1-2H3. The summed E-state index contributed by atoms with van der Waals surface area (Å²) < 4.78 is 0. The molecule has 1 fully saturated rings. The van der Waals surface area contributed by atoms with Gasteiger partial charge in [-0.05, 0) is 43.5 Å². The number of aromatic nitrogens is 2. The van der Waals surface area contributed by atoms with Crippen molar-refractivity contribution in [3.63, 3.8) is 0 Å². The number of halogens is 1. The van der Waals surface area contributed by atoms with Crippen LogP contribution < -0.4 is 0 Å². The van der Waals surface area contributed by atoms with E-state index in [0.717, 1.165) is 12.2 Å². The van der Waals surface area contributed by atoms with Crippen molar-refractivity contribution in [2.45, 2.75) is 46.1 Å². The molecule has 0 aliphatic carbocycles. The smallest absolute Gasteiger partial charge is 0.151 e. The molecule has 100 valence electrons. The Morgan fingerprint density at radius 1 is 1.17 bits per heavy atom. The summed E-state index contributed by atoms with van der Waals surface area (Å²) in [4.78, 5) is 2.47. The molecule has 0 spiro atoms. The van der Waals surface area contributed by atoms with Gasteiger partial charge in [0, 0.05) is 6.54 Å². The van der Waals surface area contributed by atoms with Crippen molar-refractivity contribution in [1.29, 1.82) is 0 Å². The minimum atomic E-state index is 0.466. The first kappa shape index (κ1) is 13.8. The lowest BCUT2D eigenvalue weighted by Crippen LogP contribution is -2.39. The largest absolute Gasteiger partial charge is 0.297 e. The van der Waals surface area contributed by atoms with Crippen molar-refractivity contribution in [2.24, 2.45) is 5.41 Å². The van der Waals surface area contributed by atoms with Crippen molar-refractivity contribution >= 4 is 11.6 Å². The van der Waals surface area contributed by atoms with E-state index in [1.165, 1.54) is 38.8 Å². The van der Waals surface area contributed by atoms with Gasteiger partial charge in [0.15, 0.2) is 5.15 Å². The van der Waals surface area contributed by atoms with Crippen LogP contribution in [0, 0.1) is 5.41 Å². The van der Waals surface area contributed by atoms with E-state index in [-0.39, 0.29) is 0 Å². The second-order valence-corrected chi connectivity index (χ2v) is 5.72. The number of nitrogens with zero attached hydrogens (tertiary/aromatic N) is 3. The van der Waals surface area contributed by atoms with E-state index in [9.17, 15) is 0 Å². The van der Waals surface area contributed by atoms with E-state index in [2.05, 4.69) is 28.9 Å². The van der Waals surface area contributed by atoms with Gasteiger partial charge in [0.25, 0.3) is 0 Å². The molecule has 0 amide bonds. The topological polar surface area (TPSA) is 29.0 Å². The Morgan fingerprint density at radius 3 is 2.33 bits per heavy atom. The van der Waals surface area contributed by atoms with Crippen molar-refractivity contribution in [2.75, 3.05) is 13.1 Å². The normalized spacial score (nSPS) is 19.9. The number of likely N-dealkylation sites (tertiary alicyclic amines) is 1. The average Bonchev–Trinajstić information content (AvgIpc) is 2.43. The van der Waals surface area contributed by atoms with Crippen LogP contribution in [-0.4, -0.2) is 28.2 Å². The van der Waals surface area contributed by atoms with Crippen LogP contribution in [0.3, 0.4) is 0 Å². The van der Waals surface area contributed by atoms with Crippen molar-refractivity contribution in [3.8, 4) is 0 Å². The molecule has 0 saturated carbocycles. The maximum absolute atomic E-state index is 5.74. The van der Waals surface area contributed by atoms with Gasteiger partial charge in [-0.2, -0.15) is 5.10 Å². The Morgan fingerprint density at radius 2 is 1.83 bits per heavy atom. The van der Waals surface area contributed by atoms with Gasteiger partial charge in [-0.3, -0.25) is 4.90 Å². The molecule has 2 rings (SSSR count). The van der Waals surface area contributed by atoms with Gasteiger partial charge in [-0.1, -0.05) is 38.3 Å². The van der Waals surface area contributed by atoms with E-state index in [1.807, 2.05) is 12.1 Å². The van der Waals surface area contributed by atoms with Crippen LogP contribution in [0.2, 0.25) is 5.15 Å². The minimum absolute atomic E-state index is 0.466. The van der Waals surface area contributed by atoms with E-state index in [0.29, 0.717) is 10.6 Å². The van der Waals surface area contributed by atoms with Crippen LogP contribution in [0.25, 0.3) is 0 Å². The number of hydrogen-bond donors (Lipinski definition) is 0. The summed E-state index contributed by atoms with van der Waals surface area (Å²) in [6.45, 7) is 7.89. The molecule has 0 bridgehead atoms. The predicted molar refractivity (Wildman–Crippen MR) is 74.6 cm³/mol. The summed E-state index contributed by atoms with van der Waals surface area (Å²) in [6, 6.07) is 3.78. The van der Waals surface area contributed by atoms with E-state index < -0.39 is 0 Å². The maximum atomic E-state index is 5.74. The quantitative estimate of drug-likeness (QED) is 0.836. The highest BCUT2D eigenvalue weighted by atomic mass is 35.5. The van der Waals surface area contributed by atoms with Crippen LogP contribution >= 0.6 is 11.6 Å². The SMILES string of the molecule is CCC1(CC)CCN(Cc2ccc(Cl)nn2)CC1. The molecule has 1 aromatic rings. The third-order valence-corrected chi connectivity index (χ3v) is 4.69. The molecule has 2 heterocycles. The fourth-order valence-corrected chi connectivity index (χ4v) is 2.90. The minimum Gasteiger partial charge on any atom is -0.297 e. The molecule has 0 atom stereocenters. The van der Waals surface area contributed by atoms with Gasteiger partial charge in [0.05, 0.1) is 5.69 Å². The first-order valence-electron chi connectivity index (χ1n) is 6.88. The molecular formula is C14H22ClN3. The van der Waals surface area contributed by atoms with Crippen LogP contribution in [0.1, 0.15) is 45.2 Å². The molecule has 0 radical (unpaired) electrons. The van der Waals surface area contributed by atoms with Gasteiger partial charge >= 0.3 is 0 Å². The van der Waals surface area contributed by atoms with Gasteiger partial charge in [0.1, 0.15) is 0 Å². The van der Waals surface area contributed by atoms with E-state index in [1.54, 1.807) is 0 Å². The molecular weight excluding hydrogens is 246 g/mol. The summed E-state index contributed by atoms with van der Waals surface area (Å²) in [5, 5.41) is 8.49. The molecule has 1 aliphatic rings.